The number of aliphatic hydroxyl groups is 1. The zero-order chi connectivity index (χ0) is 32.6. The van der Waals surface area contributed by atoms with Gasteiger partial charge in [0.15, 0.2) is 18.0 Å². The number of fused-ring (bicyclic) bond motifs is 1. The molecule has 1 aromatic heterocycles. The van der Waals surface area contributed by atoms with Gasteiger partial charge in [-0.3, -0.25) is 4.79 Å². The van der Waals surface area contributed by atoms with E-state index in [-0.39, 0.29) is 22.3 Å². The second-order valence-electron chi connectivity index (χ2n) is 11.2. The second-order valence-corrected chi connectivity index (χ2v) is 11.7. The van der Waals surface area contributed by atoms with Gasteiger partial charge in [-0.25, -0.2) is 9.59 Å². The Labute approximate surface area is 263 Å². The molecule has 1 aliphatic heterocycles. The van der Waals surface area contributed by atoms with Gasteiger partial charge in [0, 0.05) is 29.7 Å². The number of ether oxygens (including phenoxy) is 4. The maximum absolute atomic E-state index is 13.2. The molecule has 0 saturated carbocycles. The van der Waals surface area contributed by atoms with E-state index in [0.29, 0.717) is 16.1 Å². The molecule has 2 heterocycles. The number of rotatable bonds is 8. The van der Waals surface area contributed by atoms with Crippen LogP contribution in [0.2, 0.25) is 5.02 Å². The number of aromatic hydroxyl groups is 1. The fraction of sp³-hybridized carbons (Fsp3) is 0.303. The SMILES string of the molecule is CO[C@@H]1[C@@H](OC(N)=O)[C@@H](O)[C@H](Oc2ccc3c(O)c(CC(=O)c4cccc(-c5ccc(Cl)cc5)c4)c(=O)oc3c2C)OC1(C)C. The molecule has 4 N–H and O–H groups in total. The molecule has 12 heteroatoms. The minimum absolute atomic E-state index is 0.0141. The van der Waals surface area contributed by atoms with E-state index >= 15 is 0 Å². The molecule has 1 aliphatic rings. The number of carbonyl (C=O) groups is 2. The van der Waals surface area contributed by atoms with Crippen molar-refractivity contribution < 1.29 is 43.2 Å². The summed E-state index contributed by atoms with van der Waals surface area (Å²) in [6, 6.07) is 17.0. The van der Waals surface area contributed by atoms with E-state index in [0.717, 1.165) is 11.1 Å². The molecule has 11 nitrogen and oxygen atoms in total. The van der Waals surface area contributed by atoms with Gasteiger partial charge < -0.3 is 39.3 Å². The quantitative estimate of drug-likeness (QED) is 0.178. The van der Waals surface area contributed by atoms with Crippen molar-refractivity contribution in [3.63, 3.8) is 0 Å². The number of hydrogen-bond donors (Lipinski definition) is 3. The Hall–Kier alpha value is -4.42. The molecule has 0 aliphatic carbocycles. The van der Waals surface area contributed by atoms with Crippen LogP contribution in [-0.4, -0.2) is 59.4 Å². The summed E-state index contributed by atoms with van der Waals surface area (Å²) in [5.41, 5.74) is 5.37. The molecule has 1 fully saturated rings. The van der Waals surface area contributed by atoms with Crippen molar-refractivity contribution in [3.8, 4) is 22.6 Å². The lowest BCUT2D eigenvalue weighted by Crippen LogP contribution is -2.65. The van der Waals surface area contributed by atoms with Gasteiger partial charge in [-0.05, 0) is 62.2 Å². The van der Waals surface area contributed by atoms with E-state index in [9.17, 15) is 24.6 Å². The Morgan fingerprint density at radius 1 is 1.07 bits per heavy atom. The fourth-order valence-electron chi connectivity index (χ4n) is 5.53. The van der Waals surface area contributed by atoms with Crippen LogP contribution in [0.1, 0.15) is 35.3 Å². The molecule has 5 rings (SSSR count). The summed E-state index contributed by atoms with van der Waals surface area (Å²) in [4.78, 5) is 37.8. The maximum Gasteiger partial charge on any atom is 0.404 e. The number of methoxy groups -OCH3 is 1. The number of carbonyl (C=O) groups excluding carboxylic acids is 2. The highest BCUT2D eigenvalue weighted by Gasteiger charge is 2.53. The Morgan fingerprint density at radius 3 is 2.44 bits per heavy atom. The third-order valence-electron chi connectivity index (χ3n) is 7.81. The second kappa shape index (κ2) is 12.5. The van der Waals surface area contributed by atoms with Crippen LogP contribution >= 0.6 is 11.6 Å². The highest BCUT2D eigenvalue weighted by atomic mass is 35.5. The average Bonchev–Trinajstić information content (AvgIpc) is 2.99. The molecule has 0 spiro atoms. The Bertz CT molecular complexity index is 1820. The number of primary amides is 1. The molecular formula is C33H32ClNO10. The number of nitrogens with two attached hydrogens (primary N) is 1. The summed E-state index contributed by atoms with van der Waals surface area (Å²) in [6.45, 7) is 4.92. The highest BCUT2D eigenvalue weighted by Crippen LogP contribution is 2.38. The van der Waals surface area contributed by atoms with Crippen LogP contribution in [0, 0.1) is 6.92 Å². The maximum atomic E-state index is 13.2. The van der Waals surface area contributed by atoms with Crippen molar-refractivity contribution in [2.45, 2.75) is 57.4 Å². The summed E-state index contributed by atoms with van der Waals surface area (Å²) in [5.74, 6) is -0.634. The lowest BCUT2D eigenvalue weighted by atomic mass is 9.89. The van der Waals surface area contributed by atoms with Crippen molar-refractivity contribution in [1.82, 2.24) is 0 Å². The molecule has 1 saturated heterocycles. The normalized spacial score (nSPS) is 20.9. The molecule has 4 aromatic rings. The zero-order valence-corrected chi connectivity index (χ0v) is 25.7. The number of halogens is 1. The summed E-state index contributed by atoms with van der Waals surface area (Å²) in [7, 11) is 1.38. The molecule has 236 valence electrons. The molecule has 4 atom stereocenters. The number of benzene rings is 3. The molecular weight excluding hydrogens is 606 g/mol. The largest absolute Gasteiger partial charge is 0.507 e. The van der Waals surface area contributed by atoms with E-state index in [2.05, 4.69) is 0 Å². The third kappa shape index (κ3) is 6.38. The third-order valence-corrected chi connectivity index (χ3v) is 8.06. The lowest BCUT2D eigenvalue weighted by Gasteiger charge is -2.47. The van der Waals surface area contributed by atoms with Crippen LogP contribution in [0.5, 0.6) is 11.5 Å². The highest BCUT2D eigenvalue weighted by molar-refractivity contribution is 6.30. The van der Waals surface area contributed by atoms with Crippen molar-refractivity contribution in [2.24, 2.45) is 5.73 Å². The molecule has 0 radical (unpaired) electrons. The van der Waals surface area contributed by atoms with E-state index in [1.54, 1.807) is 51.1 Å². The number of hydrogen-bond acceptors (Lipinski definition) is 10. The first-order valence-electron chi connectivity index (χ1n) is 14.0. The van der Waals surface area contributed by atoms with Gasteiger partial charge in [-0.1, -0.05) is 41.9 Å². The average molecular weight is 638 g/mol. The Balaban J connectivity index is 1.42. The van der Waals surface area contributed by atoms with Gasteiger partial charge in [0.1, 0.15) is 23.2 Å². The monoisotopic (exact) mass is 637 g/mol. The van der Waals surface area contributed by atoms with Gasteiger partial charge in [0.25, 0.3) is 0 Å². The number of ketones is 1. The van der Waals surface area contributed by atoms with Crippen LogP contribution < -0.4 is 16.1 Å². The van der Waals surface area contributed by atoms with Crippen LogP contribution in [-0.2, 0) is 20.6 Å². The summed E-state index contributed by atoms with van der Waals surface area (Å²) < 4.78 is 28.0. The van der Waals surface area contributed by atoms with Gasteiger partial charge >= 0.3 is 11.7 Å². The van der Waals surface area contributed by atoms with Crippen molar-refractivity contribution in [3.05, 3.63) is 92.8 Å². The van der Waals surface area contributed by atoms with Gasteiger partial charge in [0.05, 0.1) is 16.6 Å². The summed E-state index contributed by atoms with van der Waals surface area (Å²) >= 11 is 5.99. The van der Waals surface area contributed by atoms with E-state index < -0.39 is 59.9 Å². The van der Waals surface area contributed by atoms with Crippen molar-refractivity contribution in [2.75, 3.05) is 7.11 Å². The lowest BCUT2D eigenvalue weighted by molar-refractivity contribution is -0.304. The molecule has 3 aromatic carbocycles. The standard InChI is InChI=1S/C33H32ClNO10/c1-16-24(42-31-26(38)28(44-32(35)40)29(41-4)33(2,3)45-31)13-12-21-25(37)22(30(39)43-27(16)21)15-23(36)19-7-5-6-18(14-19)17-8-10-20(34)11-9-17/h5-14,26,28-29,31,37-38H,15H2,1-4H3,(H2,35,40)/t26-,28+,29-,31-/m1/s1. The molecule has 0 bridgehead atoms. The van der Waals surface area contributed by atoms with Gasteiger partial charge in [-0.15, -0.1) is 0 Å². The number of aliphatic hydroxyl groups excluding tert-OH is 1. The minimum Gasteiger partial charge on any atom is -0.507 e. The van der Waals surface area contributed by atoms with Crippen molar-refractivity contribution >= 4 is 34.4 Å². The first kappa shape index (κ1) is 32.0. The van der Waals surface area contributed by atoms with E-state index in [1.165, 1.54) is 19.2 Å². The van der Waals surface area contributed by atoms with Gasteiger partial charge in [-0.2, -0.15) is 0 Å². The Morgan fingerprint density at radius 2 is 1.78 bits per heavy atom. The summed E-state index contributed by atoms with van der Waals surface area (Å²) in [6.07, 6.45) is -6.43. The van der Waals surface area contributed by atoms with Crippen LogP contribution in [0.4, 0.5) is 4.79 Å². The fourth-order valence-corrected chi connectivity index (χ4v) is 5.66. The van der Waals surface area contributed by atoms with Crippen LogP contribution in [0.25, 0.3) is 22.1 Å². The van der Waals surface area contributed by atoms with Crippen LogP contribution in [0.3, 0.4) is 0 Å². The first-order chi connectivity index (χ1) is 21.3. The van der Waals surface area contributed by atoms with E-state index in [1.807, 2.05) is 18.2 Å². The first-order valence-corrected chi connectivity index (χ1v) is 14.4. The minimum atomic E-state index is -1.50. The predicted octanol–water partition coefficient (Wildman–Crippen LogP) is 4.91. The molecule has 45 heavy (non-hydrogen) atoms. The summed E-state index contributed by atoms with van der Waals surface area (Å²) in [5, 5.41) is 22.8. The predicted molar refractivity (Wildman–Crippen MR) is 165 cm³/mol. The van der Waals surface area contributed by atoms with E-state index in [4.69, 9.17) is 40.7 Å². The molecule has 1 amide bonds. The Kier molecular flexibility index (Phi) is 8.90. The number of amides is 1. The zero-order valence-electron chi connectivity index (χ0n) is 24.9. The van der Waals surface area contributed by atoms with Gasteiger partial charge in [0.2, 0.25) is 6.29 Å². The topological polar surface area (TPSA) is 168 Å². The smallest absolute Gasteiger partial charge is 0.404 e. The number of aryl methyl sites for hydroxylation is 1. The van der Waals surface area contributed by atoms with Crippen LogP contribution in [0.15, 0.2) is 69.9 Å². The number of Topliss-reactive ketones (excluding diaryl/α,β-unsaturated/α-hetero) is 1. The molecule has 0 unspecified atom stereocenters. The van der Waals surface area contributed by atoms with Crippen molar-refractivity contribution in [1.29, 1.82) is 0 Å².